The maximum absolute atomic E-state index is 9.70. The normalized spacial score (nSPS) is 11.1. The van der Waals surface area contributed by atoms with Crippen molar-refractivity contribution in [2.45, 2.75) is 6.54 Å². The number of nitrogens with two attached hydrogens (primary N) is 1. The molecule has 0 unspecified atom stereocenters. The van der Waals surface area contributed by atoms with Gasteiger partial charge in [-0.15, -0.1) is 0 Å². The molecule has 0 radical (unpaired) electrons. The number of aromatic nitrogens is 1. The molecule has 0 saturated carbocycles. The Labute approximate surface area is 90.3 Å². The van der Waals surface area contributed by atoms with Crippen molar-refractivity contribution in [3.63, 3.8) is 0 Å². The summed E-state index contributed by atoms with van der Waals surface area (Å²) in [6.07, 6.45) is 0. The summed E-state index contributed by atoms with van der Waals surface area (Å²) in [5.41, 5.74) is 7.60. The minimum absolute atomic E-state index is 0.282. The molecule has 1 aromatic carbocycles. The predicted octanol–water partition coefficient (Wildman–Crippen LogP) is 2.11. The van der Waals surface area contributed by atoms with Crippen LogP contribution in [0, 0.1) is 0 Å². The molecule has 74 valence electrons. The van der Waals surface area contributed by atoms with E-state index in [0.29, 0.717) is 6.54 Å². The minimum atomic E-state index is 0.282. The molecule has 0 aliphatic carbocycles. The van der Waals surface area contributed by atoms with Crippen LogP contribution < -0.4 is 5.73 Å². The Kier molecular flexibility index (Phi) is 2.25. The van der Waals surface area contributed by atoms with E-state index in [-0.39, 0.29) is 5.75 Å². The lowest BCUT2D eigenvalue weighted by Crippen LogP contribution is -2.03. The molecule has 1 aromatic heterocycles. The number of aromatic hydroxyl groups is 1. The number of aryl methyl sites for hydroxylation is 1. The standard InChI is InChI=1S/C10H11BrN2O/c1-13-6-3-2-4-8(14)9(6)10(11)7(13)5-12/h2-4,14H,5,12H2,1H3. The number of halogens is 1. The molecule has 2 rings (SSSR count). The molecule has 0 aliphatic heterocycles. The van der Waals surface area contributed by atoms with Gasteiger partial charge in [0.05, 0.1) is 15.4 Å². The summed E-state index contributed by atoms with van der Waals surface area (Å²) >= 11 is 3.45. The third-order valence-electron chi connectivity index (χ3n) is 2.45. The molecule has 14 heavy (non-hydrogen) atoms. The van der Waals surface area contributed by atoms with Gasteiger partial charge in [0, 0.05) is 19.3 Å². The first-order chi connectivity index (χ1) is 6.66. The summed E-state index contributed by atoms with van der Waals surface area (Å²) in [4.78, 5) is 0. The summed E-state index contributed by atoms with van der Waals surface area (Å²) in [6.45, 7) is 0.450. The largest absolute Gasteiger partial charge is 0.507 e. The number of phenolic OH excluding ortho intramolecular Hbond substituents is 1. The summed E-state index contributed by atoms with van der Waals surface area (Å²) in [6, 6.07) is 5.46. The fraction of sp³-hybridized carbons (Fsp3) is 0.200. The van der Waals surface area contributed by atoms with Crippen LogP contribution >= 0.6 is 15.9 Å². The lowest BCUT2D eigenvalue weighted by molar-refractivity contribution is 0.481. The van der Waals surface area contributed by atoms with Gasteiger partial charge in [0.2, 0.25) is 0 Å². The second kappa shape index (κ2) is 3.29. The SMILES string of the molecule is Cn1c(CN)c(Br)c2c(O)cccc21. The van der Waals surface area contributed by atoms with Gasteiger partial charge >= 0.3 is 0 Å². The lowest BCUT2D eigenvalue weighted by Gasteiger charge is -2.00. The maximum atomic E-state index is 9.70. The number of hydrogen-bond acceptors (Lipinski definition) is 2. The third kappa shape index (κ3) is 1.14. The van der Waals surface area contributed by atoms with Crippen LogP contribution in [0.4, 0.5) is 0 Å². The molecular formula is C10H11BrN2O. The molecule has 3 nitrogen and oxygen atoms in total. The first-order valence-corrected chi connectivity index (χ1v) is 5.11. The highest BCUT2D eigenvalue weighted by atomic mass is 79.9. The smallest absolute Gasteiger partial charge is 0.126 e. The van der Waals surface area contributed by atoms with Gasteiger partial charge in [0.15, 0.2) is 0 Å². The first-order valence-electron chi connectivity index (χ1n) is 4.31. The number of fused-ring (bicyclic) bond motifs is 1. The van der Waals surface area contributed by atoms with Gasteiger partial charge in [-0.25, -0.2) is 0 Å². The van der Waals surface area contributed by atoms with Crippen molar-refractivity contribution in [1.29, 1.82) is 0 Å². The first kappa shape index (κ1) is 9.55. The van der Waals surface area contributed by atoms with Crippen molar-refractivity contribution >= 4 is 26.8 Å². The van der Waals surface area contributed by atoms with Crippen molar-refractivity contribution in [2.75, 3.05) is 0 Å². The Hall–Kier alpha value is -1.00. The Morgan fingerprint density at radius 3 is 2.79 bits per heavy atom. The molecule has 0 saturated heterocycles. The van der Waals surface area contributed by atoms with E-state index in [2.05, 4.69) is 15.9 Å². The zero-order valence-electron chi connectivity index (χ0n) is 7.79. The Morgan fingerprint density at radius 1 is 1.50 bits per heavy atom. The van der Waals surface area contributed by atoms with Crippen LogP contribution in [-0.2, 0) is 13.6 Å². The number of phenols is 1. The molecular weight excluding hydrogens is 244 g/mol. The molecule has 0 spiro atoms. The van der Waals surface area contributed by atoms with Gasteiger partial charge in [-0.1, -0.05) is 6.07 Å². The topological polar surface area (TPSA) is 51.2 Å². The predicted molar refractivity (Wildman–Crippen MR) is 60.2 cm³/mol. The van der Waals surface area contributed by atoms with Crippen LogP contribution in [0.2, 0.25) is 0 Å². The summed E-state index contributed by atoms with van der Waals surface area (Å²) in [7, 11) is 1.94. The fourth-order valence-corrected chi connectivity index (χ4v) is 2.53. The van der Waals surface area contributed by atoms with Crippen LogP contribution in [0.15, 0.2) is 22.7 Å². The van der Waals surface area contributed by atoms with Crippen molar-refractivity contribution in [1.82, 2.24) is 4.57 Å². The van der Waals surface area contributed by atoms with Crippen molar-refractivity contribution in [3.05, 3.63) is 28.4 Å². The Bertz CT molecular complexity index is 490. The van der Waals surface area contributed by atoms with Gasteiger partial charge in [-0.2, -0.15) is 0 Å². The lowest BCUT2D eigenvalue weighted by atomic mass is 10.2. The van der Waals surface area contributed by atoms with Gasteiger partial charge < -0.3 is 15.4 Å². The van der Waals surface area contributed by atoms with Gasteiger partial charge in [-0.05, 0) is 28.1 Å². The number of hydrogen-bond donors (Lipinski definition) is 2. The average Bonchev–Trinajstić information content (AvgIpc) is 2.41. The van der Waals surface area contributed by atoms with E-state index in [1.807, 2.05) is 23.7 Å². The number of nitrogens with zero attached hydrogens (tertiary/aromatic N) is 1. The van der Waals surface area contributed by atoms with Crippen LogP contribution in [0.5, 0.6) is 5.75 Å². The zero-order chi connectivity index (χ0) is 10.3. The maximum Gasteiger partial charge on any atom is 0.126 e. The van der Waals surface area contributed by atoms with Crippen molar-refractivity contribution in [2.24, 2.45) is 12.8 Å². The molecule has 2 aromatic rings. The fourth-order valence-electron chi connectivity index (χ4n) is 1.70. The molecule has 3 N–H and O–H groups in total. The monoisotopic (exact) mass is 254 g/mol. The third-order valence-corrected chi connectivity index (χ3v) is 3.31. The van der Waals surface area contributed by atoms with Crippen LogP contribution in [0.25, 0.3) is 10.9 Å². The van der Waals surface area contributed by atoms with E-state index >= 15 is 0 Å². The second-order valence-electron chi connectivity index (χ2n) is 3.20. The molecule has 1 heterocycles. The molecule has 0 aliphatic rings. The highest BCUT2D eigenvalue weighted by Crippen LogP contribution is 2.35. The van der Waals surface area contributed by atoms with E-state index in [9.17, 15) is 5.11 Å². The molecule has 0 amide bonds. The zero-order valence-corrected chi connectivity index (χ0v) is 9.37. The van der Waals surface area contributed by atoms with Crippen molar-refractivity contribution in [3.8, 4) is 5.75 Å². The van der Waals surface area contributed by atoms with Crippen molar-refractivity contribution < 1.29 is 5.11 Å². The molecule has 0 bridgehead atoms. The summed E-state index contributed by atoms with van der Waals surface area (Å²) in [5.74, 6) is 0.282. The molecule has 0 atom stereocenters. The van der Waals surface area contributed by atoms with Crippen LogP contribution in [0.3, 0.4) is 0 Å². The number of benzene rings is 1. The summed E-state index contributed by atoms with van der Waals surface area (Å²) < 4.78 is 2.87. The van der Waals surface area contributed by atoms with Gasteiger partial charge in [-0.3, -0.25) is 0 Å². The van der Waals surface area contributed by atoms with E-state index in [1.165, 1.54) is 0 Å². The highest BCUT2D eigenvalue weighted by molar-refractivity contribution is 9.10. The molecule has 4 heteroatoms. The van der Waals surface area contributed by atoms with E-state index < -0.39 is 0 Å². The van der Waals surface area contributed by atoms with Gasteiger partial charge in [0.1, 0.15) is 5.75 Å². The Morgan fingerprint density at radius 2 is 2.21 bits per heavy atom. The van der Waals surface area contributed by atoms with Gasteiger partial charge in [0.25, 0.3) is 0 Å². The minimum Gasteiger partial charge on any atom is -0.507 e. The Balaban J connectivity index is 2.94. The van der Waals surface area contributed by atoms with Crippen LogP contribution in [-0.4, -0.2) is 9.67 Å². The van der Waals surface area contributed by atoms with E-state index in [4.69, 9.17) is 5.73 Å². The van der Waals surface area contributed by atoms with E-state index in [0.717, 1.165) is 21.1 Å². The number of rotatable bonds is 1. The second-order valence-corrected chi connectivity index (χ2v) is 3.99. The van der Waals surface area contributed by atoms with E-state index in [1.54, 1.807) is 6.07 Å². The summed E-state index contributed by atoms with van der Waals surface area (Å²) in [5, 5.41) is 10.5. The molecule has 0 fully saturated rings. The quantitative estimate of drug-likeness (QED) is 0.819. The van der Waals surface area contributed by atoms with Crippen LogP contribution in [0.1, 0.15) is 5.69 Å². The average molecular weight is 255 g/mol. The highest BCUT2D eigenvalue weighted by Gasteiger charge is 2.13.